The highest BCUT2D eigenvalue weighted by atomic mass is 32.2. The monoisotopic (exact) mass is 357 g/mol. The van der Waals surface area contributed by atoms with Crippen LogP contribution in [0, 0.1) is 0 Å². The lowest BCUT2D eigenvalue weighted by Crippen LogP contribution is -2.12. The van der Waals surface area contributed by atoms with Gasteiger partial charge >= 0.3 is 0 Å². The first-order valence-electron chi connectivity index (χ1n) is 6.42. The van der Waals surface area contributed by atoms with Crippen LogP contribution < -0.4 is 5.32 Å². The zero-order valence-electron chi connectivity index (χ0n) is 12.0. The highest BCUT2D eigenvalue weighted by molar-refractivity contribution is 7.99. The molecule has 23 heavy (non-hydrogen) atoms. The fraction of sp³-hybridized carbons (Fsp3) is 0.133. The average Bonchev–Trinajstić information content (AvgIpc) is 2.46. The van der Waals surface area contributed by atoms with Gasteiger partial charge in [0.1, 0.15) is 0 Å². The molecule has 0 fully saturated rings. The predicted octanol–water partition coefficient (Wildman–Crippen LogP) is 3.66. The molecule has 122 valence electrons. The van der Waals surface area contributed by atoms with Gasteiger partial charge in [-0.1, -0.05) is 17.8 Å². The second-order valence-corrected chi connectivity index (χ2v) is 7.74. The zero-order valence-corrected chi connectivity index (χ0v) is 13.6. The minimum Gasteiger partial charge on any atom is -0.322 e. The molecule has 8 heteroatoms. The second-order valence-electron chi connectivity index (χ2n) is 4.66. The van der Waals surface area contributed by atoms with Crippen LogP contribution in [0.25, 0.3) is 0 Å². The van der Waals surface area contributed by atoms with E-state index in [1.165, 1.54) is 42.5 Å². The van der Waals surface area contributed by atoms with Gasteiger partial charge in [-0.05, 0) is 42.5 Å². The van der Waals surface area contributed by atoms with Crippen molar-refractivity contribution in [3.8, 4) is 0 Å². The van der Waals surface area contributed by atoms with Crippen molar-refractivity contribution in [1.29, 1.82) is 0 Å². The van der Waals surface area contributed by atoms with Gasteiger partial charge in [-0.2, -0.15) is 8.78 Å². The van der Waals surface area contributed by atoms with Gasteiger partial charge in [-0.25, -0.2) is 8.42 Å². The van der Waals surface area contributed by atoms with Crippen LogP contribution in [0.5, 0.6) is 0 Å². The van der Waals surface area contributed by atoms with Crippen molar-refractivity contribution in [2.75, 3.05) is 11.6 Å². The third-order valence-corrected chi connectivity index (χ3v) is 4.69. The maximum atomic E-state index is 12.2. The van der Waals surface area contributed by atoms with Crippen molar-refractivity contribution in [3.05, 3.63) is 54.1 Å². The standard InChI is InChI=1S/C15H13F2NO3S2/c1-23(20,21)13-4-2-3-11(9-13)18-14(19)10-5-7-12(8-6-10)22-15(16)17/h2-9,15H,1H3,(H,18,19). The summed E-state index contributed by atoms with van der Waals surface area (Å²) in [6.07, 6.45) is 1.08. The van der Waals surface area contributed by atoms with E-state index in [4.69, 9.17) is 0 Å². The summed E-state index contributed by atoms with van der Waals surface area (Å²) in [5.41, 5.74) is 0.623. The van der Waals surface area contributed by atoms with Gasteiger partial charge in [0.25, 0.3) is 11.7 Å². The molecule has 0 heterocycles. The summed E-state index contributed by atoms with van der Waals surface area (Å²) in [4.78, 5) is 12.5. The Morgan fingerprint density at radius 1 is 1.13 bits per heavy atom. The Morgan fingerprint density at radius 2 is 1.78 bits per heavy atom. The molecule has 2 aromatic rings. The summed E-state index contributed by atoms with van der Waals surface area (Å²) in [5.74, 6) is -2.97. The van der Waals surface area contributed by atoms with E-state index in [0.717, 1.165) is 6.26 Å². The molecule has 4 nitrogen and oxygen atoms in total. The SMILES string of the molecule is CS(=O)(=O)c1cccc(NC(=O)c2ccc(SC(F)F)cc2)c1. The van der Waals surface area contributed by atoms with Gasteiger partial charge < -0.3 is 5.32 Å². The van der Waals surface area contributed by atoms with E-state index in [1.807, 2.05) is 0 Å². The molecule has 2 aromatic carbocycles. The number of benzene rings is 2. The van der Waals surface area contributed by atoms with Crippen molar-refractivity contribution >= 4 is 33.2 Å². The molecule has 0 spiro atoms. The second kappa shape index (κ2) is 7.10. The maximum Gasteiger partial charge on any atom is 0.288 e. The number of rotatable bonds is 5. The number of thioether (sulfide) groups is 1. The summed E-state index contributed by atoms with van der Waals surface area (Å²) in [6, 6.07) is 11.6. The zero-order chi connectivity index (χ0) is 17.0. The largest absolute Gasteiger partial charge is 0.322 e. The van der Waals surface area contributed by atoms with E-state index in [2.05, 4.69) is 5.32 Å². The minimum absolute atomic E-state index is 0.0963. The van der Waals surface area contributed by atoms with Gasteiger partial charge in [0, 0.05) is 22.4 Å². The smallest absolute Gasteiger partial charge is 0.288 e. The lowest BCUT2D eigenvalue weighted by molar-refractivity contribution is 0.102. The van der Waals surface area contributed by atoms with Crippen LogP contribution in [0.2, 0.25) is 0 Å². The summed E-state index contributed by atoms with van der Waals surface area (Å²) in [5, 5.41) is 2.57. The van der Waals surface area contributed by atoms with Crippen LogP contribution in [0.15, 0.2) is 58.3 Å². The fourth-order valence-electron chi connectivity index (χ4n) is 1.80. The van der Waals surface area contributed by atoms with E-state index in [1.54, 1.807) is 6.07 Å². The Balaban J connectivity index is 2.13. The van der Waals surface area contributed by atoms with E-state index >= 15 is 0 Å². The van der Waals surface area contributed by atoms with Gasteiger partial charge in [0.2, 0.25) is 0 Å². The first-order valence-corrected chi connectivity index (χ1v) is 9.19. The highest BCUT2D eigenvalue weighted by Crippen LogP contribution is 2.25. The first kappa shape index (κ1) is 17.4. The fourth-order valence-corrected chi connectivity index (χ4v) is 2.96. The molecule has 0 bridgehead atoms. The summed E-state index contributed by atoms with van der Waals surface area (Å²) in [7, 11) is -3.37. The van der Waals surface area contributed by atoms with Crippen molar-refractivity contribution in [1.82, 2.24) is 0 Å². The number of halogens is 2. The summed E-state index contributed by atoms with van der Waals surface area (Å²) < 4.78 is 47.5. The normalized spacial score (nSPS) is 11.5. The van der Waals surface area contributed by atoms with Crippen molar-refractivity contribution in [2.45, 2.75) is 15.5 Å². The molecule has 0 aliphatic heterocycles. The average molecular weight is 357 g/mol. The molecule has 0 aromatic heterocycles. The van der Waals surface area contributed by atoms with Crippen LogP contribution >= 0.6 is 11.8 Å². The van der Waals surface area contributed by atoms with Crippen molar-refractivity contribution in [2.24, 2.45) is 0 Å². The topological polar surface area (TPSA) is 63.2 Å². The Kier molecular flexibility index (Phi) is 5.38. The number of carbonyl (C=O) groups is 1. The van der Waals surface area contributed by atoms with E-state index < -0.39 is 21.5 Å². The van der Waals surface area contributed by atoms with Gasteiger partial charge in [0.15, 0.2) is 9.84 Å². The number of amides is 1. The maximum absolute atomic E-state index is 12.2. The molecule has 0 saturated heterocycles. The highest BCUT2D eigenvalue weighted by Gasteiger charge is 2.11. The third-order valence-electron chi connectivity index (χ3n) is 2.86. The Hall–Kier alpha value is -1.93. The van der Waals surface area contributed by atoms with Crippen molar-refractivity contribution in [3.63, 3.8) is 0 Å². The molecule has 0 aliphatic carbocycles. The van der Waals surface area contributed by atoms with Crippen LogP contribution in [-0.4, -0.2) is 26.3 Å². The molecular formula is C15H13F2NO3S2. The van der Waals surface area contributed by atoms with Crippen LogP contribution in [0.4, 0.5) is 14.5 Å². The Bertz CT molecular complexity index is 806. The number of carbonyl (C=O) groups excluding carboxylic acids is 1. The van der Waals surface area contributed by atoms with Crippen LogP contribution in [0.1, 0.15) is 10.4 Å². The van der Waals surface area contributed by atoms with Crippen LogP contribution in [-0.2, 0) is 9.84 Å². The molecule has 0 radical (unpaired) electrons. The molecule has 0 unspecified atom stereocenters. The minimum atomic E-state index is -3.37. The first-order chi connectivity index (χ1) is 10.8. The van der Waals surface area contributed by atoms with Crippen molar-refractivity contribution < 1.29 is 22.0 Å². The number of alkyl halides is 2. The Morgan fingerprint density at radius 3 is 2.35 bits per heavy atom. The molecule has 0 atom stereocenters. The summed E-state index contributed by atoms with van der Waals surface area (Å²) >= 11 is 0.396. The lowest BCUT2D eigenvalue weighted by Gasteiger charge is -2.07. The van der Waals surface area contributed by atoms with E-state index in [9.17, 15) is 22.0 Å². The van der Waals surface area contributed by atoms with E-state index in [-0.39, 0.29) is 10.5 Å². The third kappa shape index (κ3) is 5.04. The quantitative estimate of drug-likeness (QED) is 0.830. The lowest BCUT2D eigenvalue weighted by atomic mass is 10.2. The Labute approximate surface area is 136 Å². The molecule has 2 rings (SSSR count). The van der Waals surface area contributed by atoms with Gasteiger partial charge in [-0.15, -0.1) is 0 Å². The number of sulfone groups is 1. The predicted molar refractivity (Wildman–Crippen MR) is 85.8 cm³/mol. The molecule has 1 N–H and O–H groups in total. The number of hydrogen-bond acceptors (Lipinski definition) is 4. The number of hydrogen-bond donors (Lipinski definition) is 1. The van der Waals surface area contributed by atoms with E-state index in [0.29, 0.717) is 22.3 Å². The van der Waals surface area contributed by atoms with Crippen LogP contribution in [0.3, 0.4) is 0 Å². The molecule has 1 amide bonds. The number of anilines is 1. The molecule has 0 aliphatic rings. The van der Waals surface area contributed by atoms with Gasteiger partial charge in [-0.3, -0.25) is 4.79 Å². The number of nitrogens with one attached hydrogen (secondary N) is 1. The summed E-state index contributed by atoms with van der Waals surface area (Å²) in [6.45, 7) is 0. The molecule has 0 saturated carbocycles. The van der Waals surface area contributed by atoms with Gasteiger partial charge in [0.05, 0.1) is 4.90 Å². The molecular weight excluding hydrogens is 344 g/mol.